The average molecular weight is 224 g/mol. The molecule has 0 saturated heterocycles. The van der Waals surface area contributed by atoms with E-state index in [0.717, 1.165) is 29.0 Å². The van der Waals surface area contributed by atoms with E-state index in [-0.39, 0.29) is 0 Å². The van der Waals surface area contributed by atoms with E-state index in [1.54, 1.807) is 12.5 Å². The standard InChI is InChI=1S/C13H12N4/c1-2-6-14-11(3-1)8-15-10-4-5-12-13(7-10)17-9-16-12/h1-7,9,15H,8H2,(H,16,17). The number of imidazole rings is 1. The van der Waals surface area contributed by atoms with Crippen LogP contribution in [0.25, 0.3) is 11.0 Å². The van der Waals surface area contributed by atoms with E-state index >= 15 is 0 Å². The maximum atomic E-state index is 4.26. The second-order valence-corrected chi connectivity index (χ2v) is 3.81. The largest absolute Gasteiger partial charge is 0.379 e. The highest BCUT2D eigenvalue weighted by Crippen LogP contribution is 2.15. The maximum Gasteiger partial charge on any atom is 0.0931 e. The summed E-state index contributed by atoms with van der Waals surface area (Å²) in [5.74, 6) is 0. The van der Waals surface area contributed by atoms with Crippen LogP contribution < -0.4 is 5.32 Å². The van der Waals surface area contributed by atoms with Gasteiger partial charge in [0.25, 0.3) is 0 Å². The number of nitrogens with one attached hydrogen (secondary N) is 2. The molecule has 0 amide bonds. The second kappa shape index (κ2) is 4.25. The maximum absolute atomic E-state index is 4.26. The minimum Gasteiger partial charge on any atom is -0.379 e. The average Bonchev–Trinajstić information content (AvgIpc) is 2.85. The van der Waals surface area contributed by atoms with Gasteiger partial charge in [-0.25, -0.2) is 4.98 Å². The van der Waals surface area contributed by atoms with Crippen molar-refractivity contribution in [1.29, 1.82) is 0 Å². The predicted octanol–water partition coefficient (Wildman–Crippen LogP) is 2.57. The Morgan fingerprint density at radius 1 is 1.12 bits per heavy atom. The predicted molar refractivity (Wildman–Crippen MR) is 67.7 cm³/mol. The summed E-state index contributed by atoms with van der Waals surface area (Å²) >= 11 is 0. The summed E-state index contributed by atoms with van der Waals surface area (Å²) in [5.41, 5.74) is 4.11. The number of pyridine rings is 1. The monoisotopic (exact) mass is 224 g/mol. The number of rotatable bonds is 3. The summed E-state index contributed by atoms with van der Waals surface area (Å²) < 4.78 is 0. The molecule has 2 heterocycles. The molecular formula is C13H12N4. The molecule has 0 aliphatic rings. The molecule has 0 saturated carbocycles. The number of benzene rings is 1. The first-order valence-corrected chi connectivity index (χ1v) is 5.49. The molecule has 3 rings (SSSR count). The van der Waals surface area contributed by atoms with Crippen molar-refractivity contribution < 1.29 is 0 Å². The third-order valence-corrected chi connectivity index (χ3v) is 2.62. The van der Waals surface area contributed by atoms with Crippen LogP contribution in [0, 0.1) is 0 Å². The minimum atomic E-state index is 0.723. The third kappa shape index (κ3) is 2.10. The Bertz CT molecular complexity index is 615. The molecule has 17 heavy (non-hydrogen) atoms. The Morgan fingerprint density at radius 2 is 2.12 bits per heavy atom. The number of hydrogen-bond donors (Lipinski definition) is 2. The van der Waals surface area contributed by atoms with Gasteiger partial charge in [0.2, 0.25) is 0 Å². The van der Waals surface area contributed by atoms with Gasteiger partial charge in [-0.1, -0.05) is 6.07 Å². The Labute approximate surface area is 98.7 Å². The fourth-order valence-corrected chi connectivity index (χ4v) is 1.74. The highest BCUT2D eigenvalue weighted by atomic mass is 14.9. The summed E-state index contributed by atoms with van der Waals surface area (Å²) in [7, 11) is 0. The van der Waals surface area contributed by atoms with Crippen LogP contribution in [0.5, 0.6) is 0 Å². The minimum absolute atomic E-state index is 0.723. The molecule has 0 aliphatic heterocycles. The number of hydrogen-bond acceptors (Lipinski definition) is 3. The molecule has 2 N–H and O–H groups in total. The highest BCUT2D eigenvalue weighted by Gasteiger charge is 1.98. The number of nitrogens with zero attached hydrogens (tertiary/aromatic N) is 2. The summed E-state index contributed by atoms with van der Waals surface area (Å²) in [5, 5.41) is 3.33. The lowest BCUT2D eigenvalue weighted by atomic mass is 10.2. The van der Waals surface area contributed by atoms with Gasteiger partial charge in [0.1, 0.15) is 0 Å². The van der Waals surface area contributed by atoms with Crippen molar-refractivity contribution in [1.82, 2.24) is 15.0 Å². The molecule has 4 nitrogen and oxygen atoms in total. The van der Waals surface area contributed by atoms with Gasteiger partial charge in [0.15, 0.2) is 0 Å². The number of fused-ring (bicyclic) bond motifs is 1. The van der Waals surface area contributed by atoms with Crippen LogP contribution in [0.15, 0.2) is 48.9 Å². The van der Waals surface area contributed by atoms with Crippen molar-refractivity contribution in [2.45, 2.75) is 6.54 Å². The van der Waals surface area contributed by atoms with E-state index < -0.39 is 0 Å². The molecule has 0 spiro atoms. The summed E-state index contributed by atoms with van der Waals surface area (Å²) in [4.78, 5) is 11.5. The molecule has 0 aliphatic carbocycles. The SMILES string of the molecule is c1ccc(CNc2ccc3nc[nH]c3c2)nc1. The zero-order chi connectivity index (χ0) is 11.5. The zero-order valence-electron chi connectivity index (χ0n) is 9.22. The highest BCUT2D eigenvalue weighted by molar-refractivity contribution is 5.78. The Balaban J connectivity index is 1.76. The first-order chi connectivity index (χ1) is 8.42. The normalized spacial score (nSPS) is 10.6. The van der Waals surface area contributed by atoms with Crippen molar-refractivity contribution in [2.24, 2.45) is 0 Å². The topological polar surface area (TPSA) is 53.6 Å². The lowest BCUT2D eigenvalue weighted by Gasteiger charge is -2.05. The smallest absolute Gasteiger partial charge is 0.0931 e. The van der Waals surface area contributed by atoms with Gasteiger partial charge in [0, 0.05) is 11.9 Å². The quantitative estimate of drug-likeness (QED) is 0.719. The van der Waals surface area contributed by atoms with E-state index in [1.165, 1.54) is 0 Å². The van der Waals surface area contributed by atoms with Crippen molar-refractivity contribution >= 4 is 16.7 Å². The fourth-order valence-electron chi connectivity index (χ4n) is 1.74. The molecule has 0 unspecified atom stereocenters. The summed E-state index contributed by atoms with van der Waals surface area (Å²) in [6, 6.07) is 12.0. The number of H-pyrrole nitrogens is 1. The van der Waals surface area contributed by atoms with Crippen molar-refractivity contribution in [3.05, 3.63) is 54.6 Å². The van der Waals surface area contributed by atoms with Crippen LogP contribution in [0.4, 0.5) is 5.69 Å². The van der Waals surface area contributed by atoms with Gasteiger partial charge in [-0.05, 0) is 30.3 Å². The Kier molecular flexibility index (Phi) is 2.46. The van der Waals surface area contributed by atoms with Crippen molar-refractivity contribution in [3.63, 3.8) is 0 Å². The van der Waals surface area contributed by atoms with Crippen LogP contribution in [-0.4, -0.2) is 15.0 Å². The van der Waals surface area contributed by atoms with Gasteiger partial charge < -0.3 is 10.3 Å². The molecule has 3 aromatic rings. The fraction of sp³-hybridized carbons (Fsp3) is 0.0769. The van der Waals surface area contributed by atoms with E-state index in [9.17, 15) is 0 Å². The number of anilines is 1. The van der Waals surface area contributed by atoms with E-state index in [4.69, 9.17) is 0 Å². The first-order valence-electron chi connectivity index (χ1n) is 5.49. The van der Waals surface area contributed by atoms with Gasteiger partial charge in [-0.3, -0.25) is 4.98 Å². The molecular weight excluding hydrogens is 212 g/mol. The van der Waals surface area contributed by atoms with Crippen LogP contribution >= 0.6 is 0 Å². The molecule has 0 radical (unpaired) electrons. The zero-order valence-corrected chi connectivity index (χ0v) is 9.22. The number of aromatic amines is 1. The van der Waals surface area contributed by atoms with Crippen LogP contribution in [0.1, 0.15) is 5.69 Å². The first kappa shape index (κ1) is 9.84. The molecule has 4 heteroatoms. The van der Waals surface area contributed by atoms with E-state index in [0.29, 0.717) is 0 Å². The van der Waals surface area contributed by atoms with Gasteiger partial charge in [0.05, 0.1) is 29.6 Å². The van der Waals surface area contributed by atoms with E-state index in [1.807, 2.05) is 36.4 Å². The molecule has 0 bridgehead atoms. The van der Waals surface area contributed by atoms with E-state index in [2.05, 4.69) is 20.3 Å². The Hall–Kier alpha value is -2.36. The van der Waals surface area contributed by atoms with Crippen LogP contribution in [0.2, 0.25) is 0 Å². The summed E-state index contributed by atoms with van der Waals surface area (Å²) in [6.45, 7) is 0.723. The molecule has 1 aromatic carbocycles. The van der Waals surface area contributed by atoms with Crippen molar-refractivity contribution in [3.8, 4) is 0 Å². The molecule has 2 aromatic heterocycles. The lowest BCUT2D eigenvalue weighted by molar-refractivity contribution is 1.05. The van der Waals surface area contributed by atoms with Crippen LogP contribution in [-0.2, 0) is 6.54 Å². The van der Waals surface area contributed by atoms with Crippen LogP contribution in [0.3, 0.4) is 0 Å². The number of aromatic nitrogens is 3. The van der Waals surface area contributed by atoms with Gasteiger partial charge in [-0.15, -0.1) is 0 Å². The third-order valence-electron chi connectivity index (χ3n) is 2.62. The molecule has 84 valence electrons. The molecule has 0 atom stereocenters. The Morgan fingerprint density at radius 3 is 3.00 bits per heavy atom. The van der Waals surface area contributed by atoms with Gasteiger partial charge >= 0.3 is 0 Å². The summed E-state index contributed by atoms with van der Waals surface area (Å²) in [6.07, 6.45) is 3.50. The van der Waals surface area contributed by atoms with Gasteiger partial charge in [-0.2, -0.15) is 0 Å². The molecule has 0 fully saturated rings. The van der Waals surface area contributed by atoms with Crippen molar-refractivity contribution in [2.75, 3.05) is 5.32 Å². The lowest BCUT2D eigenvalue weighted by Crippen LogP contribution is -2.00. The second-order valence-electron chi connectivity index (χ2n) is 3.81.